The minimum absolute atomic E-state index is 0.420. The zero-order valence-corrected chi connectivity index (χ0v) is 9.27. The first kappa shape index (κ1) is 10.5. The Morgan fingerprint density at radius 3 is 2.88 bits per heavy atom. The summed E-state index contributed by atoms with van der Waals surface area (Å²) in [4.78, 5) is 4.14. The predicted octanol–water partition coefficient (Wildman–Crippen LogP) is 2.75. The number of hydrogen-bond donors (Lipinski definition) is 0. The Morgan fingerprint density at radius 2 is 2.12 bits per heavy atom. The van der Waals surface area contributed by atoms with Gasteiger partial charge in [-0.05, 0) is 19.1 Å². The van der Waals surface area contributed by atoms with Crippen molar-refractivity contribution in [1.82, 2.24) is 4.98 Å². The fourth-order valence-electron chi connectivity index (χ4n) is 1.41. The molecule has 16 heavy (non-hydrogen) atoms. The molecular weight excluding hydrogens is 206 g/mol. The van der Waals surface area contributed by atoms with Crippen LogP contribution in [0.5, 0.6) is 11.7 Å². The highest BCUT2D eigenvalue weighted by Gasteiger charge is 2.11. The van der Waals surface area contributed by atoms with Crippen LogP contribution >= 0.6 is 0 Å². The van der Waals surface area contributed by atoms with Gasteiger partial charge in [0.25, 0.3) is 0 Å². The molecule has 1 heterocycles. The van der Waals surface area contributed by atoms with E-state index in [1.807, 2.05) is 31.2 Å². The molecule has 1 aromatic carbocycles. The van der Waals surface area contributed by atoms with Crippen LogP contribution in [0, 0.1) is 0 Å². The quantitative estimate of drug-likeness (QED) is 0.793. The average molecular weight is 219 g/mol. The maximum absolute atomic E-state index is 5.44. The summed E-state index contributed by atoms with van der Waals surface area (Å²) in [5.74, 6) is 1.65. The molecule has 4 heteroatoms. The number of aromatic nitrogens is 1. The van der Waals surface area contributed by atoms with Crippen molar-refractivity contribution in [2.75, 3.05) is 13.7 Å². The number of oxazole rings is 1. The zero-order chi connectivity index (χ0) is 11.4. The number of methoxy groups -OCH3 is 1. The monoisotopic (exact) mass is 219 g/mol. The van der Waals surface area contributed by atoms with E-state index in [4.69, 9.17) is 13.9 Å². The molecule has 2 rings (SSSR count). The smallest absolute Gasteiger partial charge is 0.305 e. The largest absolute Gasteiger partial charge is 0.496 e. The minimum Gasteiger partial charge on any atom is -0.496 e. The van der Waals surface area contributed by atoms with E-state index in [0.717, 1.165) is 11.3 Å². The van der Waals surface area contributed by atoms with Gasteiger partial charge in [-0.15, -0.1) is 0 Å². The first-order valence-electron chi connectivity index (χ1n) is 5.07. The molecule has 0 amide bonds. The summed E-state index contributed by atoms with van der Waals surface area (Å²) in [6.45, 7) is 2.45. The van der Waals surface area contributed by atoms with Crippen LogP contribution in [0.25, 0.3) is 11.5 Å². The maximum atomic E-state index is 5.44. The minimum atomic E-state index is 0.420. The Hall–Kier alpha value is -1.97. The summed E-state index contributed by atoms with van der Waals surface area (Å²) in [5.41, 5.74) is 0.816. The summed E-state index contributed by atoms with van der Waals surface area (Å²) < 4.78 is 15.9. The van der Waals surface area contributed by atoms with E-state index in [-0.39, 0.29) is 0 Å². The molecule has 0 fully saturated rings. The normalized spacial score (nSPS) is 10.1. The van der Waals surface area contributed by atoms with Gasteiger partial charge in [-0.2, -0.15) is 0 Å². The Kier molecular flexibility index (Phi) is 3.10. The lowest BCUT2D eigenvalue weighted by Gasteiger charge is -2.03. The molecule has 0 atom stereocenters. The molecule has 0 bridgehead atoms. The summed E-state index contributed by atoms with van der Waals surface area (Å²) in [5, 5.41) is 0. The van der Waals surface area contributed by atoms with E-state index >= 15 is 0 Å². The van der Waals surface area contributed by atoms with Crippen molar-refractivity contribution >= 4 is 0 Å². The third-order valence-electron chi connectivity index (χ3n) is 2.11. The lowest BCUT2D eigenvalue weighted by molar-refractivity contribution is 0.260. The highest BCUT2D eigenvalue weighted by Crippen LogP contribution is 2.30. The Labute approximate surface area is 93.8 Å². The molecule has 0 radical (unpaired) electrons. The van der Waals surface area contributed by atoms with Gasteiger partial charge in [0.15, 0.2) is 0 Å². The molecule has 1 aromatic heterocycles. The van der Waals surface area contributed by atoms with Crippen molar-refractivity contribution in [2.24, 2.45) is 0 Å². The third-order valence-corrected chi connectivity index (χ3v) is 2.11. The predicted molar refractivity (Wildman–Crippen MR) is 59.7 cm³/mol. The second-order valence-electron chi connectivity index (χ2n) is 3.12. The van der Waals surface area contributed by atoms with Crippen LogP contribution in [0.2, 0.25) is 0 Å². The number of hydrogen-bond acceptors (Lipinski definition) is 4. The number of para-hydroxylation sites is 1. The van der Waals surface area contributed by atoms with Crippen LogP contribution in [-0.2, 0) is 0 Å². The molecule has 0 spiro atoms. The molecule has 0 aliphatic rings. The first-order chi connectivity index (χ1) is 7.85. The Bertz CT molecular complexity index is 465. The molecule has 0 aliphatic heterocycles. The van der Waals surface area contributed by atoms with Crippen LogP contribution in [0.15, 0.2) is 34.9 Å². The Morgan fingerprint density at radius 1 is 1.31 bits per heavy atom. The van der Waals surface area contributed by atoms with Gasteiger partial charge in [-0.3, -0.25) is 0 Å². The number of rotatable bonds is 4. The molecule has 84 valence electrons. The standard InChI is InChI=1S/C12H13NO3/c1-3-15-11-8-13-12(16-11)9-6-4-5-7-10(9)14-2/h4-8H,3H2,1-2H3. The maximum Gasteiger partial charge on any atom is 0.305 e. The molecule has 0 saturated heterocycles. The van der Waals surface area contributed by atoms with Crippen molar-refractivity contribution in [3.8, 4) is 23.1 Å². The van der Waals surface area contributed by atoms with E-state index in [1.165, 1.54) is 0 Å². The van der Waals surface area contributed by atoms with Crippen molar-refractivity contribution < 1.29 is 13.9 Å². The second-order valence-corrected chi connectivity index (χ2v) is 3.12. The fourth-order valence-corrected chi connectivity index (χ4v) is 1.41. The summed E-state index contributed by atoms with van der Waals surface area (Å²) in [7, 11) is 1.62. The van der Waals surface area contributed by atoms with E-state index in [9.17, 15) is 0 Å². The van der Waals surface area contributed by atoms with Crippen molar-refractivity contribution in [2.45, 2.75) is 6.92 Å². The van der Waals surface area contributed by atoms with E-state index in [1.54, 1.807) is 13.3 Å². The van der Waals surface area contributed by atoms with Crippen LogP contribution in [0.3, 0.4) is 0 Å². The van der Waals surface area contributed by atoms with Crippen molar-refractivity contribution in [1.29, 1.82) is 0 Å². The van der Waals surface area contributed by atoms with Crippen LogP contribution < -0.4 is 9.47 Å². The molecule has 4 nitrogen and oxygen atoms in total. The fraction of sp³-hybridized carbons (Fsp3) is 0.250. The number of benzene rings is 1. The van der Waals surface area contributed by atoms with Crippen LogP contribution in [-0.4, -0.2) is 18.7 Å². The average Bonchev–Trinajstić information content (AvgIpc) is 2.78. The zero-order valence-electron chi connectivity index (χ0n) is 9.27. The molecule has 0 unspecified atom stereocenters. The number of nitrogens with zero attached hydrogens (tertiary/aromatic N) is 1. The molecule has 0 aliphatic carbocycles. The highest BCUT2D eigenvalue weighted by molar-refractivity contribution is 5.62. The van der Waals surface area contributed by atoms with E-state index in [2.05, 4.69) is 4.98 Å². The molecule has 0 N–H and O–H groups in total. The summed E-state index contributed by atoms with van der Waals surface area (Å²) in [6.07, 6.45) is 1.56. The van der Waals surface area contributed by atoms with Gasteiger partial charge < -0.3 is 13.9 Å². The molecule has 2 aromatic rings. The lowest BCUT2D eigenvalue weighted by atomic mass is 10.2. The summed E-state index contributed by atoms with van der Waals surface area (Å²) in [6, 6.07) is 7.55. The van der Waals surface area contributed by atoms with Crippen LogP contribution in [0.4, 0.5) is 0 Å². The van der Waals surface area contributed by atoms with Crippen molar-refractivity contribution in [3.05, 3.63) is 30.5 Å². The molecule has 0 saturated carbocycles. The van der Waals surface area contributed by atoms with E-state index < -0.39 is 0 Å². The first-order valence-corrected chi connectivity index (χ1v) is 5.07. The Balaban J connectivity index is 2.34. The van der Waals surface area contributed by atoms with Gasteiger partial charge in [0.2, 0.25) is 5.89 Å². The van der Waals surface area contributed by atoms with Gasteiger partial charge in [0.1, 0.15) is 11.9 Å². The molecular formula is C12H13NO3. The lowest BCUT2D eigenvalue weighted by Crippen LogP contribution is -1.88. The van der Waals surface area contributed by atoms with Crippen LogP contribution in [0.1, 0.15) is 6.92 Å². The van der Waals surface area contributed by atoms with E-state index in [0.29, 0.717) is 18.4 Å². The highest BCUT2D eigenvalue weighted by atomic mass is 16.6. The summed E-state index contributed by atoms with van der Waals surface area (Å²) >= 11 is 0. The van der Waals surface area contributed by atoms with Crippen molar-refractivity contribution in [3.63, 3.8) is 0 Å². The third kappa shape index (κ3) is 2.00. The van der Waals surface area contributed by atoms with Gasteiger partial charge in [0.05, 0.1) is 19.3 Å². The van der Waals surface area contributed by atoms with Gasteiger partial charge in [-0.25, -0.2) is 4.98 Å². The SMILES string of the molecule is CCOc1cnc(-c2ccccc2OC)o1. The number of ether oxygens (including phenoxy) is 2. The second kappa shape index (κ2) is 4.70. The van der Waals surface area contributed by atoms with Gasteiger partial charge >= 0.3 is 5.95 Å². The topological polar surface area (TPSA) is 44.5 Å². The van der Waals surface area contributed by atoms with Gasteiger partial charge in [-0.1, -0.05) is 12.1 Å². The van der Waals surface area contributed by atoms with Gasteiger partial charge in [0, 0.05) is 0 Å².